The molecule has 1 aliphatic heterocycles. The second-order valence-electron chi connectivity index (χ2n) is 6.49. The van der Waals surface area contributed by atoms with Gasteiger partial charge in [-0.15, -0.1) is 0 Å². The molecule has 0 aliphatic carbocycles. The molecule has 0 saturated carbocycles. The fourth-order valence-electron chi connectivity index (χ4n) is 3.19. The summed E-state index contributed by atoms with van der Waals surface area (Å²) < 4.78 is 5.03. The van der Waals surface area contributed by atoms with Crippen molar-refractivity contribution in [3.8, 4) is 0 Å². The summed E-state index contributed by atoms with van der Waals surface area (Å²) in [4.78, 5) is 19.5. The third-order valence-corrected chi connectivity index (χ3v) is 4.50. The van der Waals surface area contributed by atoms with Gasteiger partial charge < -0.3 is 20.3 Å². The summed E-state index contributed by atoms with van der Waals surface area (Å²) >= 11 is 0. The van der Waals surface area contributed by atoms with Crippen LogP contribution in [0, 0.1) is 5.92 Å². The molecule has 3 rings (SSSR count). The maximum atomic E-state index is 5.03. The number of likely N-dealkylation sites (tertiary alicyclic amines) is 1. The van der Waals surface area contributed by atoms with E-state index in [0.717, 1.165) is 56.5 Å². The summed E-state index contributed by atoms with van der Waals surface area (Å²) in [5.41, 5.74) is 1.09. The van der Waals surface area contributed by atoms with Gasteiger partial charge in [-0.05, 0) is 25.3 Å². The first-order valence-corrected chi connectivity index (χ1v) is 9.09. The number of hydrogen-bond donors (Lipinski definition) is 2. The summed E-state index contributed by atoms with van der Waals surface area (Å²) in [6.07, 6.45) is 9.17. The third-order valence-electron chi connectivity index (χ3n) is 4.50. The monoisotopic (exact) mass is 357 g/mol. The maximum Gasteiger partial charge on any atom is 0.131 e. The molecule has 0 bridgehead atoms. The molecule has 1 fully saturated rings. The van der Waals surface area contributed by atoms with Gasteiger partial charge in [0.05, 0.1) is 12.3 Å². The Kier molecular flexibility index (Phi) is 7.09. The normalized spacial score (nSPS) is 17.3. The lowest BCUT2D eigenvalue weighted by molar-refractivity contribution is 0.210. The highest BCUT2D eigenvalue weighted by Crippen LogP contribution is 2.19. The van der Waals surface area contributed by atoms with E-state index in [-0.39, 0.29) is 0 Å². The van der Waals surface area contributed by atoms with Crippen molar-refractivity contribution in [1.29, 1.82) is 0 Å². The number of nitrogens with one attached hydrogen (secondary N) is 2. The minimum absolute atomic E-state index is 0.650. The van der Waals surface area contributed by atoms with Gasteiger partial charge in [0.25, 0.3) is 0 Å². The Morgan fingerprint density at radius 2 is 2.00 bits per heavy atom. The molecule has 0 aromatic carbocycles. The molecule has 3 heterocycles. The Labute approximate surface area is 154 Å². The fraction of sp³-hybridized carbons (Fsp3) is 0.556. The van der Waals surface area contributed by atoms with E-state index in [0.29, 0.717) is 12.5 Å². The Bertz CT molecular complexity index is 655. The number of hydrogen-bond acceptors (Lipinski definition) is 8. The van der Waals surface area contributed by atoms with Crippen LogP contribution in [0.3, 0.4) is 0 Å². The molecule has 8 nitrogen and oxygen atoms in total. The molecule has 8 heteroatoms. The second kappa shape index (κ2) is 9.98. The van der Waals surface area contributed by atoms with Gasteiger partial charge in [-0.2, -0.15) is 0 Å². The SMILES string of the molecule is COCCNc1cc(NCCN2CCC(Cc3cnccn3)C2)ncn1. The maximum absolute atomic E-state index is 5.03. The molecular formula is C18H27N7O. The third kappa shape index (κ3) is 5.89. The summed E-state index contributed by atoms with van der Waals surface area (Å²) in [7, 11) is 1.69. The average Bonchev–Trinajstić information content (AvgIpc) is 3.10. The number of ether oxygens (including phenoxy) is 1. The first-order valence-electron chi connectivity index (χ1n) is 9.09. The van der Waals surface area contributed by atoms with Gasteiger partial charge in [-0.1, -0.05) is 0 Å². The quantitative estimate of drug-likeness (QED) is 0.615. The van der Waals surface area contributed by atoms with Gasteiger partial charge in [-0.25, -0.2) is 9.97 Å². The number of nitrogens with zero attached hydrogens (tertiary/aromatic N) is 5. The molecule has 0 spiro atoms. The van der Waals surface area contributed by atoms with Gasteiger partial charge >= 0.3 is 0 Å². The van der Waals surface area contributed by atoms with Crippen molar-refractivity contribution in [3.05, 3.63) is 36.7 Å². The molecule has 1 unspecified atom stereocenters. The molecule has 1 aliphatic rings. The Morgan fingerprint density at radius 3 is 2.77 bits per heavy atom. The standard InChI is InChI=1S/C18H27N7O/c1-26-9-6-22-18-11-17(23-14-24-18)21-5-8-25-7-2-15(13-25)10-16-12-19-3-4-20-16/h3-4,11-12,14-15H,2,5-10,13H2,1H3,(H2,21,22,23,24). The number of anilines is 2. The molecule has 1 atom stereocenters. The van der Waals surface area contributed by atoms with E-state index in [9.17, 15) is 0 Å². The van der Waals surface area contributed by atoms with Crippen molar-refractivity contribution < 1.29 is 4.74 Å². The van der Waals surface area contributed by atoms with Crippen molar-refractivity contribution in [2.45, 2.75) is 12.8 Å². The number of methoxy groups -OCH3 is 1. The fourth-order valence-corrected chi connectivity index (χ4v) is 3.19. The first-order chi connectivity index (χ1) is 12.8. The summed E-state index contributed by atoms with van der Waals surface area (Å²) in [5, 5.41) is 6.59. The highest BCUT2D eigenvalue weighted by molar-refractivity contribution is 5.46. The van der Waals surface area contributed by atoms with Crippen LogP contribution in [0.1, 0.15) is 12.1 Å². The van der Waals surface area contributed by atoms with Crippen molar-refractivity contribution in [2.24, 2.45) is 5.92 Å². The van der Waals surface area contributed by atoms with Crippen LogP contribution in [0.5, 0.6) is 0 Å². The van der Waals surface area contributed by atoms with E-state index < -0.39 is 0 Å². The predicted molar refractivity (Wildman–Crippen MR) is 101 cm³/mol. The van der Waals surface area contributed by atoms with E-state index in [4.69, 9.17) is 4.74 Å². The van der Waals surface area contributed by atoms with Gasteiger partial charge in [0, 0.05) is 57.9 Å². The van der Waals surface area contributed by atoms with Crippen molar-refractivity contribution in [1.82, 2.24) is 24.8 Å². The zero-order valence-corrected chi connectivity index (χ0v) is 15.3. The van der Waals surface area contributed by atoms with E-state index >= 15 is 0 Å². The molecule has 2 aromatic rings. The van der Waals surface area contributed by atoms with Crippen molar-refractivity contribution in [3.63, 3.8) is 0 Å². The summed E-state index contributed by atoms with van der Waals surface area (Å²) in [6, 6.07) is 1.93. The van der Waals surface area contributed by atoms with Gasteiger partial charge in [0.1, 0.15) is 18.0 Å². The smallest absolute Gasteiger partial charge is 0.131 e. The molecule has 2 N–H and O–H groups in total. The lowest BCUT2D eigenvalue weighted by atomic mass is 10.0. The van der Waals surface area contributed by atoms with Gasteiger partial charge in [0.15, 0.2) is 0 Å². The number of aromatic nitrogens is 4. The van der Waals surface area contributed by atoms with E-state index in [1.807, 2.05) is 12.3 Å². The molecular weight excluding hydrogens is 330 g/mol. The van der Waals surface area contributed by atoms with Crippen LogP contribution in [0.2, 0.25) is 0 Å². The van der Waals surface area contributed by atoms with Gasteiger partial charge in [-0.3, -0.25) is 9.97 Å². The summed E-state index contributed by atoms with van der Waals surface area (Å²) in [6.45, 7) is 5.51. The van der Waals surface area contributed by atoms with E-state index in [2.05, 4.69) is 35.5 Å². The minimum Gasteiger partial charge on any atom is -0.383 e. The van der Waals surface area contributed by atoms with E-state index in [1.54, 1.807) is 25.8 Å². The van der Waals surface area contributed by atoms with Gasteiger partial charge in [0.2, 0.25) is 0 Å². The van der Waals surface area contributed by atoms with Crippen LogP contribution in [0.4, 0.5) is 11.6 Å². The highest BCUT2D eigenvalue weighted by Gasteiger charge is 2.22. The zero-order valence-electron chi connectivity index (χ0n) is 15.3. The summed E-state index contributed by atoms with van der Waals surface area (Å²) in [5.74, 6) is 2.32. The van der Waals surface area contributed by atoms with Crippen LogP contribution in [-0.4, -0.2) is 71.3 Å². The Balaban J connectivity index is 1.37. The van der Waals surface area contributed by atoms with Crippen LogP contribution < -0.4 is 10.6 Å². The zero-order chi connectivity index (χ0) is 18.0. The van der Waals surface area contributed by atoms with Crippen molar-refractivity contribution in [2.75, 3.05) is 57.1 Å². The molecule has 1 saturated heterocycles. The van der Waals surface area contributed by atoms with Crippen LogP contribution >= 0.6 is 0 Å². The molecule has 140 valence electrons. The highest BCUT2D eigenvalue weighted by atomic mass is 16.5. The first kappa shape index (κ1) is 18.5. The molecule has 0 radical (unpaired) electrons. The predicted octanol–water partition coefficient (Wildman–Crippen LogP) is 1.30. The largest absolute Gasteiger partial charge is 0.383 e. The van der Waals surface area contributed by atoms with Crippen LogP contribution in [0.15, 0.2) is 31.0 Å². The van der Waals surface area contributed by atoms with Crippen molar-refractivity contribution >= 4 is 11.6 Å². The molecule has 26 heavy (non-hydrogen) atoms. The number of rotatable bonds is 10. The Morgan fingerprint density at radius 1 is 1.15 bits per heavy atom. The molecule has 2 aromatic heterocycles. The van der Waals surface area contributed by atoms with Crippen LogP contribution in [0.25, 0.3) is 0 Å². The topological polar surface area (TPSA) is 88.1 Å². The van der Waals surface area contributed by atoms with E-state index in [1.165, 1.54) is 6.42 Å². The van der Waals surface area contributed by atoms with Crippen LogP contribution in [-0.2, 0) is 11.2 Å². The average molecular weight is 357 g/mol. The second-order valence-corrected chi connectivity index (χ2v) is 6.49. The lowest BCUT2D eigenvalue weighted by Crippen LogP contribution is -2.27. The molecule has 0 amide bonds. The Hall–Kier alpha value is -2.32. The lowest BCUT2D eigenvalue weighted by Gasteiger charge is -2.16. The minimum atomic E-state index is 0.650.